The first-order valence-electron chi connectivity index (χ1n) is 3.13. The van der Waals surface area contributed by atoms with E-state index in [-0.39, 0.29) is 19.8 Å². The largest absolute Gasteiger partial charge is 0.394 e. The summed E-state index contributed by atoms with van der Waals surface area (Å²) in [6.45, 7) is -0.729. The van der Waals surface area contributed by atoms with Crippen LogP contribution >= 0.6 is 0 Å². The van der Waals surface area contributed by atoms with E-state index >= 15 is 0 Å². The van der Waals surface area contributed by atoms with Crippen molar-refractivity contribution in [2.75, 3.05) is 33.9 Å². The second-order valence-corrected chi connectivity index (χ2v) is 2.59. The van der Waals surface area contributed by atoms with E-state index in [0.717, 1.165) is 0 Å². The summed E-state index contributed by atoms with van der Waals surface area (Å²) in [6, 6.07) is 0. The van der Waals surface area contributed by atoms with Gasteiger partial charge in [0.1, 0.15) is 0 Å². The van der Waals surface area contributed by atoms with Crippen molar-refractivity contribution >= 4 is 0 Å². The zero-order valence-corrected chi connectivity index (χ0v) is 6.41. The molecular weight excluding hydrogens is 134 g/mol. The lowest BCUT2D eigenvalue weighted by Gasteiger charge is -2.34. The van der Waals surface area contributed by atoms with Crippen molar-refractivity contribution in [2.24, 2.45) is 0 Å². The maximum absolute atomic E-state index is 8.79. The predicted octanol–water partition coefficient (Wildman–Crippen LogP) is -1.74. The number of aliphatic hydroxyl groups is 3. The lowest BCUT2D eigenvalue weighted by Crippen LogP contribution is -2.53. The summed E-state index contributed by atoms with van der Waals surface area (Å²) in [5.41, 5.74) is -0.875. The molecule has 4 heteroatoms. The highest BCUT2D eigenvalue weighted by Crippen LogP contribution is 2.08. The molecule has 0 fully saturated rings. The Labute approximate surface area is 60.7 Å². The third-order valence-corrected chi connectivity index (χ3v) is 1.83. The lowest BCUT2D eigenvalue weighted by molar-refractivity contribution is -0.0224. The van der Waals surface area contributed by atoms with Crippen LogP contribution in [0, 0.1) is 0 Å². The maximum Gasteiger partial charge on any atom is 0.0901 e. The minimum Gasteiger partial charge on any atom is -0.394 e. The highest BCUT2D eigenvalue weighted by molar-refractivity contribution is 4.85. The molecule has 3 N–H and O–H groups in total. The molecule has 4 nitrogen and oxygen atoms in total. The highest BCUT2D eigenvalue weighted by atomic mass is 16.3. The first-order chi connectivity index (χ1) is 4.63. The average molecular weight is 149 g/mol. The Morgan fingerprint density at radius 1 is 1.00 bits per heavy atom. The molecule has 0 saturated heterocycles. The van der Waals surface area contributed by atoms with Crippen LogP contribution in [0.25, 0.3) is 0 Å². The Hall–Kier alpha value is -0.160. The van der Waals surface area contributed by atoms with Crippen molar-refractivity contribution < 1.29 is 15.3 Å². The summed E-state index contributed by atoms with van der Waals surface area (Å²) in [5, 5.41) is 26.4. The van der Waals surface area contributed by atoms with E-state index in [1.165, 1.54) is 0 Å². The van der Waals surface area contributed by atoms with Crippen molar-refractivity contribution in [1.82, 2.24) is 4.90 Å². The molecule has 0 spiro atoms. The summed E-state index contributed by atoms with van der Waals surface area (Å²) in [6.07, 6.45) is 0. The van der Waals surface area contributed by atoms with Gasteiger partial charge in [-0.25, -0.2) is 0 Å². The van der Waals surface area contributed by atoms with Crippen molar-refractivity contribution in [3.05, 3.63) is 0 Å². The monoisotopic (exact) mass is 149 g/mol. The number of rotatable bonds is 4. The molecule has 0 unspecified atom stereocenters. The summed E-state index contributed by atoms with van der Waals surface area (Å²) < 4.78 is 0. The summed E-state index contributed by atoms with van der Waals surface area (Å²) >= 11 is 0. The molecule has 0 heterocycles. The predicted molar refractivity (Wildman–Crippen MR) is 37.7 cm³/mol. The molecule has 0 aliphatic carbocycles. The Morgan fingerprint density at radius 2 is 1.30 bits per heavy atom. The Kier molecular flexibility index (Phi) is 3.81. The van der Waals surface area contributed by atoms with Gasteiger partial charge in [0.05, 0.1) is 25.4 Å². The number of likely N-dealkylation sites (N-methyl/N-ethyl adjacent to an activating group) is 1. The van der Waals surface area contributed by atoms with Crippen molar-refractivity contribution in [3.63, 3.8) is 0 Å². The van der Waals surface area contributed by atoms with Crippen LogP contribution in [0.3, 0.4) is 0 Å². The van der Waals surface area contributed by atoms with Crippen LogP contribution < -0.4 is 0 Å². The van der Waals surface area contributed by atoms with Crippen LogP contribution in [0.1, 0.15) is 0 Å². The van der Waals surface area contributed by atoms with E-state index in [2.05, 4.69) is 0 Å². The van der Waals surface area contributed by atoms with Gasteiger partial charge in [-0.1, -0.05) is 0 Å². The molecule has 62 valence electrons. The Morgan fingerprint density at radius 3 is 1.30 bits per heavy atom. The van der Waals surface area contributed by atoms with Crippen LogP contribution in [0.5, 0.6) is 0 Å². The molecule has 0 bridgehead atoms. The third kappa shape index (κ3) is 1.67. The van der Waals surface area contributed by atoms with Gasteiger partial charge in [-0.15, -0.1) is 0 Å². The zero-order chi connectivity index (χ0) is 8.20. The normalized spacial score (nSPS) is 12.6. The number of nitrogens with zero attached hydrogens (tertiary/aromatic N) is 1. The van der Waals surface area contributed by atoms with Gasteiger partial charge in [-0.3, -0.25) is 4.90 Å². The van der Waals surface area contributed by atoms with Crippen LogP contribution in [-0.4, -0.2) is 59.7 Å². The van der Waals surface area contributed by atoms with E-state index < -0.39 is 5.54 Å². The first-order valence-corrected chi connectivity index (χ1v) is 3.13. The summed E-state index contributed by atoms with van der Waals surface area (Å²) in [7, 11) is 3.39. The van der Waals surface area contributed by atoms with Gasteiger partial charge in [0, 0.05) is 0 Å². The molecule has 10 heavy (non-hydrogen) atoms. The molecule has 0 aromatic rings. The molecule has 0 aromatic heterocycles. The van der Waals surface area contributed by atoms with Gasteiger partial charge in [-0.2, -0.15) is 0 Å². The van der Waals surface area contributed by atoms with Crippen LogP contribution in [0.15, 0.2) is 0 Å². The molecule has 0 radical (unpaired) electrons. The fourth-order valence-electron chi connectivity index (χ4n) is 0.574. The SMILES string of the molecule is CN(C)C(CO)(CO)CO. The third-order valence-electron chi connectivity index (χ3n) is 1.83. The highest BCUT2D eigenvalue weighted by Gasteiger charge is 2.30. The number of hydrogen-bond acceptors (Lipinski definition) is 4. The van der Waals surface area contributed by atoms with Crippen LogP contribution in [0.2, 0.25) is 0 Å². The average Bonchev–Trinajstić information content (AvgIpc) is 1.92. The van der Waals surface area contributed by atoms with Gasteiger partial charge < -0.3 is 15.3 Å². The molecule has 0 aromatic carbocycles. The van der Waals surface area contributed by atoms with E-state index in [4.69, 9.17) is 15.3 Å². The maximum atomic E-state index is 8.79. The standard InChI is InChI=1S/C6H15NO3/c1-7(2)6(3-8,4-9)5-10/h8-10H,3-5H2,1-2H3. The molecule has 0 rings (SSSR count). The molecule has 0 aliphatic heterocycles. The Bertz CT molecular complexity index is 82.7. The van der Waals surface area contributed by atoms with E-state index in [9.17, 15) is 0 Å². The topological polar surface area (TPSA) is 63.9 Å². The molecular formula is C6H15NO3. The van der Waals surface area contributed by atoms with E-state index in [1.54, 1.807) is 19.0 Å². The minimum absolute atomic E-state index is 0.243. The van der Waals surface area contributed by atoms with Crippen molar-refractivity contribution in [3.8, 4) is 0 Å². The smallest absolute Gasteiger partial charge is 0.0901 e. The lowest BCUT2D eigenvalue weighted by atomic mass is 10.0. The first kappa shape index (κ1) is 9.84. The number of aliphatic hydroxyl groups excluding tert-OH is 3. The second-order valence-electron chi connectivity index (χ2n) is 2.59. The van der Waals surface area contributed by atoms with Gasteiger partial charge in [0.2, 0.25) is 0 Å². The van der Waals surface area contributed by atoms with Gasteiger partial charge >= 0.3 is 0 Å². The minimum atomic E-state index is -0.875. The van der Waals surface area contributed by atoms with E-state index in [0.29, 0.717) is 0 Å². The van der Waals surface area contributed by atoms with Crippen molar-refractivity contribution in [2.45, 2.75) is 5.54 Å². The molecule has 0 aliphatic rings. The second kappa shape index (κ2) is 3.88. The van der Waals surface area contributed by atoms with Crippen LogP contribution in [-0.2, 0) is 0 Å². The van der Waals surface area contributed by atoms with Gasteiger partial charge in [0.15, 0.2) is 0 Å². The van der Waals surface area contributed by atoms with Gasteiger partial charge in [0.25, 0.3) is 0 Å². The molecule has 0 amide bonds. The van der Waals surface area contributed by atoms with Crippen LogP contribution in [0.4, 0.5) is 0 Å². The fraction of sp³-hybridized carbons (Fsp3) is 1.00. The fourth-order valence-corrected chi connectivity index (χ4v) is 0.574. The zero-order valence-electron chi connectivity index (χ0n) is 6.41. The Balaban J connectivity index is 4.15. The summed E-state index contributed by atoms with van der Waals surface area (Å²) in [4.78, 5) is 1.60. The molecule has 0 atom stereocenters. The van der Waals surface area contributed by atoms with Gasteiger partial charge in [-0.05, 0) is 14.1 Å². The van der Waals surface area contributed by atoms with Crippen molar-refractivity contribution in [1.29, 1.82) is 0 Å². The summed E-state index contributed by atoms with van der Waals surface area (Å²) in [5.74, 6) is 0. The molecule has 0 saturated carbocycles. The number of hydrogen-bond donors (Lipinski definition) is 3. The quantitative estimate of drug-likeness (QED) is 0.444. The van der Waals surface area contributed by atoms with E-state index in [1.807, 2.05) is 0 Å².